The molecule has 4 aromatic heterocycles. The number of imide groups is 1. The van der Waals surface area contributed by atoms with Gasteiger partial charge in [0.05, 0.1) is 40.9 Å². The van der Waals surface area contributed by atoms with Crippen LogP contribution < -0.4 is 24.5 Å². The molecule has 0 saturated carbocycles. The molecule has 0 radical (unpaired) electrons. The Balaban J connectivity index is 0.000000108. The summed E-state index contributed by atoms with van der Waals surface area (Å²) in [6.45, 7) is 18.1. The lowest BCUT2D eigenvalue weighted by molar-refractivity contribution is 0.0926. The molecule has 0 saturated heterocycles. The van der Waals surface area contributed by atoms with Gasteiger partial charge in [-0.15, -0.1) is 0 Å². The van der Waals surface area contributed by atoms with Gasteiger partial charge in [-0.2, -0.15) is 0 Å². The van der Waals surface area contributed by atoms with Crippen molar-refractivity contribution in [2.45, 2.75) is 87.0 Å². The summed E-state index contributed by atoms with van der Waals surface area (Å²) in [6.07, 6.45) is 9.61. The first-order chi connectivity index (χ1) is 40.0. The molecular formula is C71H67N9O2. The number of benzene rings is 6. The van der Waals surface area contributed by atoms with E-state index in [0.29, 0.717) is 16.8 Å². The van der Waals surface area contributed by atoms with Crippen molar-refractivity contribution in [1.82, 2.24) is 19.9 Å². The average molecular weight is 1080 g/mol. The summed E-state index contributed by atoms with van der Waals surface area (Å²) in [5.41, 5.74) is 22.4. The second-order valence-corrected chi connectivity index (χ2v) is 21.6. The number of nitrogens with zero attached hydrogens (tertiary/aromatic N) is 9. The smallest absolute Gasteiger partial charge is 0.266 e. The van der Waals surface area contributed by atoms with Crippen LogP contribution >= 0.6 is 0 Å². The van der Waals surface area contributed by atoms with Crippen LogP contribution in [0.2, 0.25) is 0 Å². The van der Waals surface area contributed by atoms with Crippen molar-refractivity contribution in [3.05, 3.63) is 303 Å². The molecule has 9 heterocycles. The molecule has 82 heavy (non-hydrogen) atoms. The molecule has 0 bridgehead atoms. The first-order valence-electron chi connectivity index (χ1n) is 28.0. The Labute approximate surface area is 481 Å². The van der Waals surface area contributed by atoms with E-state index in [1.807, 2.05) is 63.0 Å². The van der Waals surface area contributed by atoms with Crippen molar-refractivity contribution in [3.63, 3.8) is 0 Å². The van der Waals surface area contributed by atoms with Gasteiger partial charge in [-0.05, 0) is 158 Å². The number of hydrogen-bond donors (Lipinski definition) is 0. The quantitative estimate of drug-likeness (QED) is 0.155. The summed E-state index contributed by atoms with van der Waals surface area (Å²) in [4.78, 5) is 52.4. The van der Waals surface area contributed by atoms with Gasteiger partial charge in [0.15, 0.2) is 0 Å². The van der Waals surface area contributed by atoms with Gasteiger partial charge in [-0.3, -0.25) is 24.5 Å². The highest BCUT2D eigenvalue weighted by molar-refractivity contribution is 6.34. The Bertz CT molecular complexity index is 3310. The van der Waals surface area contributed by atoms with Gasteiger partial charge in [-0.1, -0.05) is 126 Å². The molecule has 11 nitrogen and oxygen atoms in total. The van der Waals surface area contributed by atoms with E-state index in [0.717, 1.165) is 69.4 Å². The molecule has 0 atom stereocenters. The summed E-state index contributed by atoms with van der Waals surface area (Å²) in [6, 6.07) is 63.6. The lowest BCUT2D eigenvalue weighted by Gasteiger charge is -2.17. The topological polar surface area (TPSA) is 102 Å². The number of carbonyl (C=O) groups excluding carboxylic acids is 2. The maximum atomic E-state index is 12.2. The largest absolute Gasteiger partial charge is 0.363 e. The molecular weight excluding hydrogens is 1010 g/mol. The van der Waals surface area contributed by atoms with Gasteiger partial charge in [0, 0.05) is 87.7 Å². The number of aryl methyl sites for hydroxylation is 5. The van der Waals surface area contributed by atoms with Gasteiger partial charge < -0.3 is 19.6 Å². The SMILES string of the molecule is Cc1ccc(N2C(=O)c3ccccc3C2=O)cc1.Cc1ccc(N2Cc3ccccc3C2)cn1.Cc1ccc(N2Cc3ccccc3C2)nc1.Cc1ccc(N2Cc3cccnc3C2)cc1.Cc1ccc(N2Cc3ccncc3C2)cc1. The van der Waals surface area contributed by atoms with E-state index in [-0.39, 0.29) is 11.8 Å². The van der Waals surface area contributed by atoms with Crippen LogP contribution in [0, 0.1) is 34.6 Å². The monoisotopic (exact) mass is 1080 g/mol. The van der Waals surface area contributed by atoms with E-state index < -0.39 is 0 Å². The molecule has 5 aliphatic rings. The van der Waals surface area contributed by atoms with E-state index >= 15 is 0 Å². The van der Waals surface area contributed by atoms with Crippen molar-refractivity contribution in [2.24, 2.45) is 0 Å². The second kappa shape index (κ2) is 24.7. The zero-order valence-corrected chi connectivity index (χ0v) is 47.3. The lowest BCUT2D eigenvalue weighted by atomic mass is 10.1. The number of pyridine rings is 4. The maximum Gasteiger partial charge on any atom is 0.266 e. The molecule has 2 amide bonds. The van der Waals surface area contributed by atoms with Crippen molar-refractivity contribution in [1.29, 1.82) is 0 Å². The Kier molecular flexibility index (Phi) is 16.4. The average Bonchev–Trinajstić information content (AvgIpc) is 4.57. The molecule has 0 N–H and O–H groups in total. The molecule has 0 aliphatic carbocycles. The van der Waals surface area contributed by atoms with Crippen LogP contribution in [-0.2, 0) is 52.4 Å². The Morgan fingerprint density at radius 1 is 0.317 bits per heavy atom. The van der Waals surface area contributed by atoms with Crippen molar-refractivity contribution in [3.8, 4) is 0 Å². The molecule has 0 fully saturated rings. The fraction of sp³-hybridized carbons (Fsp3) is 0.183. The summed E-state index contributed by atoms with van der Waals surface area (Å²) >= 11 is 0. The molecule has 5 aliphatic heterocycles. The van der Waals surface area contributed by atoms with E-state index in [2.05, 4.69) is 194 Å². The first-order valence-corrected chi connectivity index (χ1v) is 28.0. The minimum Gasteiger partial charge on any atom is -0.363 e. The normalized spacial score (nSPS) is 13.9. The number of carbonyl (C=O) groups is 2. The number of anilines is 5. The standard InChI is InChI=1S/C15H11NO2.4C14H14N2/c1-10-6-8-11(9-7-10)16-14(17)12-4-2-3-5-13(12)15(16)18;1-11-2-4-14(5-3-11)16-9-12-6-7-15-8-13(12)10-16;1-11-4-6-13(7-5-11)16-9-12-3-2-8-15-14(12)10-16;1-11-6-7-14(8-15-11)16-9-12-4-2-3-5-13(12)10-16;1-11-6-7-14(15-8-11)16-9-12-4-2-3-5-13(12)10-16/h2-9H,1H3;4*2-8H,9-10H2,1H3. The van der Waals surface area contributed by atoms with Gasteiger partial charge in [0.25, 0.3) is 11.8 Å². The summed E-state index contributed by atoms with van der Waals surface area (Å²) in [5.74, 6) is 0.570. The number of aromatic nitrogens is 4. The fourth-order valence-electron chi connectivity index (χ4n) is 10.7. The summed E-state index contributed by atoms with van der Waals surface area (Å²) in [5, 5.41) is 0. The maximum absolute atomic E-state index is 12.2. The van der Waals surface area contributed by atoms with E-state index in [1.165, 1.54) is 83.3 Å². The van der Waals surface area contributed by atoms with Crippen LogP contribution in [0.25, 0.3) is 0 Å². The van der Waals surface area contributed by atoms with Gasteiger partial charge >= 0.3 is 0 Å². The molecule has 408 valence electrons. The summed E-state index contributed by atoms with van der Waals surface area (Å²) < 4.78 is 0. The Morgan fingerprint density at radius 3 is 1.26 bits per heavy atom. The minimum atomic E-state index is -0.251. The fourth-order valence-corrected chi connectivity index (χ4v) is 10.7. The molecule has 6 aromatic carbocycles. The zero-order valence-electron chi connectivity index (χ0n) is 47.3. The van der Waals surface area contributed by atoms with Crippen LogP contribution in [0.15, 0.2) is 219 Å². The highest BCUT2D eigenvalue weighted by Crippen LogP contribution is 2.32. The molecule has 0 unspecified atom stereocenters. The third kappa shape index (κ3) is 12.6. The van der Waals surface area contributed by atoms with E-state index in [9.17, 15) is 9.59 Å². The predicted octanol–water partition coefficient (Wildman–Crippen LogP) is 14.4. The van der Waals surface area contributed by atoms with Gasteiger partial charge in [0.1, 0.15) is 5.82 Å². The Hall–Kier alpha value is -9.74. The molecule has 10 aromatic rings. The number of fused-ring (bicyclic) bond motifs is 5. The predicted molar refractivity (Wildman–Crippen MR) is 330 cm³/mol. The van der Waals surface area contributed by atoms with Crippen LogP contribution in [0.5, 0.6) is 0 Å². The number of amides is 2. The van der Waals surface area contributed by atoms with Crippen LogP contribution in [0.1, 0.15) is 93.3 Å². The second-order valence-electron chi connectivity index (χ2n) is 21.6. The Morgan fingerprint density at radius 2 is 0.756 bits per heavy atom. The molecule has 11 heteroatoms. The third-order valence-corrected chi connectivity index (χ3v) is 15.5. The highest BCUT2D eigenvalue weighted by atomic mass is 16.2. The van der Waals surface area contributed by atoms with Crippen molar-refractivity contribution >= 4 is 40.4 Å². The van der Waals surface area contributed by atoms with E-state index in [4.69, 9.17) is 0 Å². The molecule has 0 spiro atoms. The first kappa shape index (κ1) is 54.2. The van der Waals surface area contributed by atoms with Crippen molar-refractivity contribution < 1.29 is 9.59 Å². The van der Waals surface area contributed by atoms with Crippen molar-refractivity contribution in [2.75, 3.05) is 24.5 Å². The number of hydrogen-bond acceptors (Lipinski definition) is 10. The van der Waals surface area contributed by atoms with E-state index in [1.54, 1.807) is 36.4 Å². The van der Waals surface area contributed by atoms with Gasteiger partial charge in [0.2, 0.25) is 0 Å². The lowest BCUT2D eigenvalue weighted by Crippen LogP contribution is -2.29. The highest BCUT2D eigenvalue weighted by Gasteiger charge is 2.36. The number of rotatable bonds is 5. The van der Waals surface area contributed by atoms with Crippen LogP contribution in [-0.4, -0.2) is 31.8 Å². The van der Waals surface area contributed by atoms with Crippen LogP contribution in [0.3, 0.4) is 0 Å². The van der Waals surface area contributed by atoms with Gasteiger partial charge in [-0.25, -0.2) is 9.88 Å². The van der Waals surface area contributed by atoms with Crippen LogP contribution in [0.4, 0.5) is 28.6 Å². The molecule has 15 rings (SSSR count). The minimum absolute atomic E-state index is 0.251. The summed E-state index contributed by atoms with van der Waals surface area (Å²) in [7, 11) is 0. The third-order valence-electron chi connectivity index (χ3n) is 15.5. The zero-order chi connectivity index (χ0) is 56.5.